The maximum absolute atomic E-state index is 5.77. The lowest BCUT2D eigenvalue weighted by molar-refractivity contribution is 0.247. The highest BCUT2D eigenvalue weighted by Crippen LogP contribution is 2.36. The van der Waals surface area contributed by atoms with Gasteiger partial charge in [-0.3, -0.25) is 5.43 Å². The standard InChI is InChI=1S/C15H28N4/c16-18-15(17-13-7-2-1-3-8-13)19-11-10-12-6-4-5-9-14(12)19/h12-14H,1-11,16H2,(H,17,18). The van der Waals surface area contributed by atoms with Crippen molar-refractivity contribution in [3.05, 3.63) is 0 Å². The number of aliphatic imine (C=N–C) groups is 1. The Balaban J connectivity index is 1.69. The molecule has 0 amide bonds. The fraction of sp³-hybridized carbons (Fsp3) is 0.933. The van der Waals surface area contributed by atoms with Crippen molar-refractivity contribution >= 4 is 5.96 Å². The molecule has 4 heteroatoms. The number of hydrazine groups is 1. The monoisotopic (exact) mass is 264 g/mol. The van der Waals surface area contributed by atoms with Gasteiger partial charge in [0.2, 0.25) is 5.96 Å². The largest absolute Gasteiger partial charge is 0.339 e. The van der Waals surface area contributed by atoms with E-state index in [0.717, 1.165) is 18.4 Å². The Labute approximate surface area is 116 Å². The Morgan fingerprint density at radius 2 is 1.68 bits per heavy atom. The first-order chi connectivity index (χ1) is 9.38. The summed E-state index contributed by atoms with van der Waals surface area (Å²) in [6.07, 6.45) is 13.4. The summed E-state index contributed by atoms with van der Waals surface area (Å²) in [7, 11) is 0. The van der Waals surface area contributed by atoms with E-state index < -0.39 is 0 Å². The Hall–Kier alpha value is -0.770. The topological polar surface area (TPSA) is 53.6 Å². The molecule has 2 unspecified atom stereocenters. The number of nitrogens with one attached hydrogen (secondary N) is 1. The quantitative estimate of drug-likeness (QED) is 0.331. The number of hydrogen-bond acceptors (Lipinski definition) is 2. The van der Waals surface area contributed by atoms with Crippen molar-refractivity contribution in [3.8, 4) is 0 Å². The predicted molar refractivity (Wildman–Crippen MR) is 78.7 cm³/mol. The van der Waals surface area contributed by atoms with Crippen LogP contribution in [0.15, 0.2) is 4.99 Å². The maximum atomic E-state index is 5.77. The van der Waals surface area contributed by atoms with Gasteiger partial charge in [0, 0.05) is 12.6 Å². The zero-order valence-electron chi connectivity index (χ0n) is 12.0. The molecule has 4 nitrogen and oxygen atoms in total. The van der Waals surface area contributed by atoms with Crippen molar-refractivity contribution < 1.29 is 0 Å². The molecule has 3 N–H and O–H groups in total. The van der Waals surface area contributed by atoms with Crippen molar-refractivity contribution in [1.29, 1.82) is 0 Å². The van der Waals surface area contributed by atoms with Gasteiger partial charge in [0.15, 0.2) is 0 Å². The molecule has 108 valence electrons. The van der Waals surface area contributed by atoms with Gasteiger partial charge in [-0.2, -0.15) is 0 Å². The molecule has 0 radical (unpaired) electrons. The lowest BCUT2D eigenvalue weighted by Gasteiger charge is -2.34. The second-order valence-electron chi connectivity index (χ2n) is 6.48. The van der Waals surface area contributed by atoms with Crippen molar-refractivity contribution in [2.45, 2.75) is 76.3 Å². The fourth-order valence-corrected chi connectivity index (χ4v) is 4.25. The molecular formula is C15H28N4. The minimum atomic E-state index is 0.502. The molecule has 3 fully saturated rings. The number of nitrogens with two attached hydrogens (primary N) is 1. The third-order valence-electron chi connectivity index (χ3n) is 5.29. The van der Waals surface area contributed by atoms with Crippen molar-refractivity contribution in [3.63, 3.8) is 0 Å². The number of guanidine groups is 1. The van der Waals surface area contributed by atoms with Crippen LogP contribution in [0, 0.1) is 5.92 Å². The number of nitrogens with zero attached hydrogens (tertiary/aromatic N) is 2. The van der Waals surface area contributed by atoms with Crippen molar-refractivity contribution in [2.24, 2.45) is 16.8 Å². The molecule has 1 heterocycles. The van der Waals surface area contributed by atoms with E-state index in [-0.39, 0.29) is 0 Å². The molecule has 3 aliphatic rings. The average molecular weight is 264 g/mol. The first-order valence-electron chi connectivity index (χ1n) is 8.19. The summed E-state index contributed by atoms with van der Waals surface area (Å²) in [5.74, 6) is 7.63. The van der Waals surface area contributed by atoms with Gasteiger partial charge in [-0.15, -0.1) is 0 Å². The summed E-state index contributed by atoms with van der Waals surface area (Å²) in [6, 6.07) is 1.20. The van der Waals surface area contributed by atoms with Gasteiger partial charge in [-0.25, -0.2) is 10.8 Å². The van der Waals surface area contributed by atoms with E-state index in [1.165, 1.54) is 64.2 Å². The molecule has 0 aromatic rings. The van der Waals surface area contributed by atoms with Crippen molar-refractivity contribution in [2.75, 3.05) is 6.54 Å². The highest BCUT2D eigenvalue weighted by atomic mass is 15.4. The normalized spacial score (nSPS) is 33.3. The van der Waals surface area contributed by atoms with Crippen LogP contribution in [0.2, 0.25) is 0 Å². The smallest absolute Gasteiger partial charge is 0.208 e. The molecule has 2 atom stereocenters. The zero-order chi connectivity index (χ0) is 13.1. The van der Waals surface area contributed by atoms with Crippen LogP contribution >= 0.6 is 0 Å². The van der Waals surface area contributed by atoms with E-state index in [0.29, 0.717) is 12.1 Å². The lowest BCUT2D eigenvalue weighted by atomic mass is 9.85. The van der Waals surface area contributed by atoms with Gasteiger partial charge < -0.3 is 4.90 Å². The summed E-state index contributed by atoms with van der Waals surface area (Å²) in [6.45, 7) is 1.14. The molecule has 1 saturated heterocycles. The molecule has 2 aliphatic carbocycles. The number of hydrogen-bond donors (Lipinski definition) is 2. The van der Waals surface area contributed by atoms with Crippen LogP contribution in [0.4, 0.5) is 0 Å². The number of fused-ring (bicyclic) bond motifs is 1. The molecule has 3 rings (SSSR count). The molecule has 2 saturated carbocycles. The van der Waals surface area contributed by atoms with Crippen LogP contribution in [0.3, 0.4) is 0 Å². The van der Waals surface area contributed by atoms with E-state index in [4.69, 9.17) is 10.8 Å². The molecule has 19 heavy (non-hydrogen) atoms. The van der Waals surface area contributed by atoms with Gasteiger partial charge in [-0.05, 0) is 38.0 Å². The van der Waals surface area contributed by atoms with Crippen LogP contribution in [-0.4, -0.2) is 29.5 Å². The van der Waals surface area contributed by atoms with Crippen LogP contribution in [0.1, 0.15) is 64.2 Å². The Morgan fingerprint density at radius 1 is 0.947 bits per heavy atom. The van der Waals surface area contributed by atoms with Crippen molar-refractivity contribution in [1.82, 2.24) is 10.3 Å². The minimum Gasteiger partial charge on any atom is -0.339 e. The Kier molecular flexibility index (Phi) is 4.26. The molecule has 0 aromatic heterocycles. The second kappa shape index (κ2) is 6.12. The highest BCUT2D eigenvalue weighted by Gasteiger charge is 2.37. The van der Waals surface area contributed by atoms with E-state index in [1.807, 2.05) is 0 Å². The maximum Gasteiger partial charge on any atom is 0.208 e. The minimum absolute atomic E-state index is 0.502. The average Bonchev–Trinajstić information content (AvgIpc) is 2.90. The Bertz CT molecular complexity index is 322. The van der Waals surface area contributed by atoms with Crippen LogP contribution in [0.25, 0.3) is 0 Å². The summed E-state index contributed by atoms with van der Waals surface area (Å²) in [5.41, 5.74) is 2.90. The van der Waals surface area contributed by atoms with Gasteiger partial charge in [0.25, 0.3) is 0 Å². The van der Waals surface area contributed by atoms with Gasteiger partial charge in [-0.1, -0.05) is 32.1 Å². The van der Waals surface area contributed by atoms with Gasteiger partial charge >= 0.3 is 0 Å². The van der Waals surface area contributed by atoms with Crippen LogP contribution in [-0.2, 0) is 0 Å². The summed E-state index contributed by atoms with van der Waals surface area (Å²) < 4.78 is 0. The third kappa shape index (κ3) is 2.88. The molecule has 1 aliphatic heterocycles. The third-order valence-corrected chi connectivity index (χ3v) is 5.29. The zero-order valence-corrected chi connectivity index (χ0v) is 12.0. The molecular weight excluding hydrogens is 236 g/mol. The van der Waals surface area contributed by atoms with Crippen LogP contribution in [0.5, 0.6) is 0 Å². The lowest BCUT2D eigenvalue weighted by Crippen LogP contribution is -2.49. The fourth-order valence-electron chi connectivity index (χ4n) is 4.25. The first-order valence-corrected chi connectivity index (χ1v) is 8.19. The number of rotatable bonds is 1. The first kappa shape index (κ1) is 13.2. The summed E-state index contributed by atoms with van der Waals surface area (Å²) >= 11 is 0. The number of likely N-dealkylation sites (tertiary alicyclic amines) is 1. The summed E-state index contributed by atoms with van der Waals surface area (Å²) in [5, 5.41) is 0. The van der Waals surface area contributed by atoms with Crippen LogP contribution < -0.4 is 11.3 Å². The Morgan fingerprint density at radius 3 is 2.47 bits per heavy atom. The molecule has 0 bridgehead atoms. The van der Waals surface area contributed by atoms with E-state index in [2.05, 4.69) is 10.3 Å². The van der Waals surface area contributed by atoms with Gasteiger partial charge in [0.05, 0.1) is 6.04 Å². The SMILES string of the molecule is NNC(=NC1CCCCC1)N1CCC2CCCCC21. The molecule has 0 spiro atoms. The second-order valence-corrected chi connectivity index (χ2v) is 6.48. The molecule has 0 aromatic carbocycles. The van der Waals surface area contributed by atoms with E-state index in [1.54, 1.807) is 0 Å². The highest BCUT2D eigenvalue weighted by molar-refractivity contribution is 5.80. The van der Waals surface area contributed by atoms with Gasteiger partial charge in [0.1, 0.15) is 0 Å². The predicted octanol–water partition coefficient (Wildman–Crippen LogP) is 2.40. The van der Waals surface area contributed by atoms with E-state index >= 15 is 0 Å². The van der Waals surface area contributed by atoms with E-state index in [9.17, 15) is 0 Å². The summed E-state index contributed by atoms with van der Waals surface area (Å²) in [4.78, 5) is 7.40.